The lowest BCUT2D eigenvalue weighted by atomic mass is 9.85. The second-order valence-electron chi connectivity index (χ2n) is 4.39. The summed E-state index contributed by atoms with van der Waals surface area (Å²) < 4.78 is 0. The summed E-state index contributed by atoms with van der Waals surface area (Å²) in [6.45, 7) is 0. The highest BCUT2D eigenvalue weighted by atomic mass is 16.4. The van der Waals surface area contributed by atoms with Crippen LogP contribution in [0.5, 0.6) is 0 Å². The maximum absolute atomic E-state index is 10.8. The molecule has 0 aromatic heterocycles. The van der Waals surface area contributed by atoms with Crippen molar-refractivity contribution in [2.75, 3.05) is 0 Å². The van der Waals surface area contributed by atoms with E-state index in [2.05, 4.69) is 12.2 Å². The molecule has 0 heterocycles. The van der Waals surface area contributed by atoms with Crippen LogP contribution < -0.4 is 0 Å². The summed E-state index contributed by atoms with van der Waals surface area (Å²) in [6, 6.07) is 0. The van der Waals surface area contributed by atoms with Crippen molar-refractivity contribution >= 4 is 5.97 Å². The van der Waals surface area contributed by atoms with Gasteiger partial charge in [0.2, 0.25) is 0 Å². The molecule has 1 saturated carbocycles. The monoisotopic (exact) mass is 176 g/mol. The number of fused-ring (bicyclic) bond motifs is 5. The summed E-state index contributed by atoms with van der Waals surface area (Å²) in [5, 5.41) is 8.87. The largest absolute Gasteiger partial charge is 0.478 e. The molecule has 3 aliphatic rings. The summed E-state index contributed by atoms with van der Waals surface area (Å²) in [4.78, 5) is 10.8. The van der Waals surface area contributed by atoms with Crippen LogP contribution in [0.2, 0.25) is 0 Å². The first kappa shape index (κ1) is 7.36. The third kappa shape index (κ3) is 0.859. The zero-order valence-electron chi connectivity index (χ0n) is 7.31. The number of hydrogen-bond acceptors (Lipinski definition) is 1. The summed E-state index contributed by atoms with van der Waals surface area (Å²) in [5.74, 6) is 1.76. The maximum Gasteiger partial charge on any atom is 0.331 e. The van der Waals surface area contributed by atoms with E-state index in [9.17, 15) is 4.79 Å². The van der Waals surface area contributed by atoms with Crippen molar-refractivity contribution < 1.29 is 9.90 Å². The molecule has 0 aliphatic heterocycles. The molecule has 2 nitrogen and oxygen atoms in total. The van der Waals surface area contributed by atoms with Crippen LogP contribution in [0, 0.1) is 23.7 Å². The Kier molecular flexibility index (Phi) is 1.27. The molecule has 4 atom stereocenters. The predicted molar refractivity (Wildman–Crippen MR) is 48.1 cm³/mol. The molecule has 2 bridgehead atoms. The van der Waals surface area contributed by atoms with Crippen LogP contribution in [0.15, 0.2) is 23.8 Å². The van der Waals surface area contributed by atoms with E-state index in [-0.39, 0.29) is 0 Å². The highest BCUT2D eigenvalue weighted by molar-refractivity contribution is 5.87. The van der Waals surface area contributed by atoms with Crippen molar-refractivity contribution in [3.05, 3.63) is 23.8 Å². The van der Waals surface area contributed by atoms with E-state index in [1.54, 1.807) is 0 Å². The first-order chi connectivity index (χ1) is 6.25. The first-order valence-corrected chi connectivity index (χ1v) is 4.88. The Morgan fingerprint density at radius 3 is 2.85 bits per heavy atom. The summed E-state index contributed by atoms with van der Waals surface area (Å²) in [5.41, 5.74) is 0.647. The second kappa shape index (κ2) is 2.25. The molecular formula is C11H12O2. The molecule has 3 aliphatic carbocycles. The van der Waals surface area contributed by atoms with Crippen LogP contribution in [-0.4, -0.2) is 11.1 Å². The van der Waals surface area contributed by atoms with Crippen molar-refractivity contribution in [1.29, 1.82) is 0 Å². The molecule has 0 unspecified atom stereocenters. The van der Waals surface area contributed by atoms with Crippen LogP contribution in [0.4, 0.5) is 0 Å². The third-order valence-corrected chi connectivity index (χ3v) is 3.81. The Labute approximate surface area is 76.9 Å². The number of allylic oxidation sites excluding steroid dienone is 3. The van der Waals surface area contributed by atoms with Crippen LogP contribution in [-0.2, 0) is 4.79 Å². The van der Waals surface area contributed by atoms with Gasteiger partial charge in [0.1, 0.15) is 0 Å². The van der Waals surface area contributed by atoms with E-state index in [4.69, 9.17) is 5.11 Å². The van der Waals surface area contributed by atoms with Crippen molar-refractivity contribution in [2.24, 2.45) is 23.7 Å². The number of carboxylic acids is 1. The van der Waals surface area contributed by atoms with Crippen LogP contribution in [0.3, 0.4) is 0 Å². The van der Waals surface area contributed by atoms with Crippen molar-refractivity contribution in [3.63, 3.8) is 0 Å². The molecular weight excluding hydrogens is 164 g/mol. The number of carbonyl (C=O) groups is 1. The summed E-state index contributed by atoms with van der Waals surface area (Å²) in [6.07, 6.45) is 8.61. The highest BCUT2D eigenvalue weighted by Gasteiger charge is 2.47. The molecule has 68 valence electrons. The Balaban J connectivity index is 1.92. The average molecular weight is 176 g/mol. The molecule has 0 saturated heterocycles. The highest BCUT2D eigenvalue weighted by Crippen LogP contribution is 2.54. The maximum atomic E-state index is 10.8. The molecule has 0 amide bonds. The average Bonchev–Trinajstić information content (AvgIpc) is 2.76. The zero-order chi connectivity index (χ0) is 9.00. The molecule has 1 fully saturated rings. The minimum atomic E-state index is -0.714. The number of carboxylic acid groups (broad SMARTS) is 1. The fraction of sp³-hybridized carbons (Fsp3) is 0.545. The molecule has 2 heteroatoms. The van der Waals surface area contributed by atoms with Gasteiger partial charge in [-0.25, -0.2) is 4.79 Å². The van der Waals surface area contributed by atoms with Crippen LogP contribution in [0.25, 0.3) is 0 Å². The van der Waals surface area contributed by atoms with Gasteiger partial charge in [-0.3, -0.25) is 0 Å². The lowest BCUT2D eigenvalue weighted by Gasteiger charge is -2.18. The molecule has 0 spiro atoms. The van der Waals surface area contributed by atoms with E-state index in [1.807, 2.05) is 6.08 Å². The van der Waals surface area contributed by atoms with Crippen molar-refractivity contribution in [1.82, 2.24) is 0 Å². The number of rotatable bonds is 1. The van der Waals surface area contributed by atoms with Gasteiger partial charge in [-0.05, 0) is 36.5 Å². The van der Waals surface area contributed by atoms with Crippen molar-refractivity contribution in [2.45, 2.75) is 12.8 Å². The van der Waals surface area contributed by atoms with Gasteiger partial charge in [0, 0.05) is 5.57 Å². The van der Waals surface area contributed by atoms with Gasteiger partial charge in [0.15, 0.2) is 0 Å². The summed E-state index contributed by atoms with van der Waals surface area (Å²) in [7, 11) is 0. The number of hydrogen-bond donors (Lipinski definition) is 1. The topological polar surface area (TPSA) is 37.3 Å². The molecule has 0 aromatic rings. The SMILES string of the molecule is O=C(O)C1=C[C@@H]2[C@H](C1)[C@H]1C=C[C@H]2C1. The van der Waals surface area contributed by atoms with E-state index in [0.29, 0.717) is 29.2 Å². The second-order valence-corrected chi connectivity index (χ2v) is 4.39. The Hall–Kier alpha value is -1.05. The Morgan fingerprint density at radius 2 is 2.15 bits per heavy atom. The smallest absolute Gasteiger partial charge is 0.331 e. The zero-order valence-corrected chi connectivity index (χ0v) is 7.31. The van der Waals surface area contributed by atoms with Crippen LogP contribution in [0.1, 0.15) is 12.8 Å². The predicted octanol–water partition coefficient (Wildman–Crippen LogP) is 1.84. The number of aliphatic carboxylic acids is 1. The molecule has 13 heavy (non-hydrogen) atoms. The third-order valence-electron chi connectivity index (χ3n) is 3.81. The van der Waals surface area contributed by atoms with E-state index >= 15 is 0 Å². The quantitative estimate of drug-likeness (QED) is 0.619. The van der Waals surface area contributed by atoms with Crippen molar-refractivity contribution in [3.8, 4) is 0 Å². The standard InChI is InChI=1S/C11H12O2/c12-11(13)8-4-9-6-1-2-7(3-6)10(9)5-8/h1-2,4,6-7,9-10H,3,5H2,(H,12,13)/t6-,7-,9-,10+/m0/s1. The minimum absolute atomic E-state index is 0.543. The van der Waals surface area contributed by atoms with Gasteiger partial charge in [0.25, 0.3) is 0 Å². The van der Waals surface area contributed by atoms with E-state index in [1.165, 1.54) is 6.42 Å². The lowest BCUT2D eigenvalue weighted by molar-refractivity contribution is -0.132. The Morgan fingerprint density at radius 1 is 1.38 bits per heavy atom. The molecule has 0 aromatic carbocycles. The van der Waals surface area contributed by atoms with Gasteiger partial charge in [-0.15, -0.1) is 0 Å². The fourth-order valence-electron chi connectivity index (χ4n) is 3.21. The van der Waals surface area contributed by atoms with Gasteiger partial charge < -0.3 is 5.11 Å². The van der Waals surface area contributed by atoms with Gasteiger partial charge in [-0.2, -0.15) is 0 Å². The van der Waals surface area contributed by atoms with Gasteiger partial charge in [0.05, 0.1) is 0 Å². The normalized spacial score (nSPS) is 45.1. The van der Waals surface area contributed by atoms with Gasteiger partial charge >= 0.3 is 5.97 Å². The van der Waals surface area contributed by atoms with E-state index in [0.717, 1.165) is 6.42 Å². The van der Waals surface area contributed by atoms with E-state index < -0.39 is 5.97 Å². The van der Waals surface area contributed by atoms with Gasteiger partial charge in [-0.1, -0.05) is 18.2 Å². The molecule has 3 rings (SSSR count). The lowest BCUT2D eigenvalue weighted by Crippen LogP contribution is -2.13. The molecule has 1 N–H and O–H groups in total. The van der Waals surface area contributed by atoms with Crippen LogP contribution >= 0.6 is 0 Å². The molecule has 0 radical (unpaired) electrons. The Bertz CT molecular complexity index is 327. The minimum Gasteiger partial charge on any atom is -0.478 e. The first-order valence-electron chi connectivity index (χ1n) is 4.88. The summed E-state index contributed by atoms with van der Waals surface area (Å²) >= 11 is 0. The fourth-order valence-corrected chi connectivity index (χ4v) is 3.21.